The summed E-state index contributed by atoms with van der Waals surface area (Å²) in [5, 5.41) is 3.40. The molecular weight excluding hydrogens is 242 g/mol. The monoisotopic (exact) mass is 257 g/mol. The van der Waals surface area contributed by atoms with Crippen molar-refractivity contribution in [1.82, 2.24) is 0 Å². The zero-order valence-electron chi connectivity index (χ0n) is 9.74. The van der Waals surface area contributed by atoms with Gasteiger partial charge in [-0.3, -0.25) is 4.55 Å². The van der Waals surface area contributed by atoms with Crippen molar-refractivity contribution in [1.29, 1.82) is 0 Å². The van der Waals surface area contributed by atoms with E-state index in [0.717, 1.165) is 18.8 Å². The lowest BCUT2D eigenvalue weighted by Gasteiger charge is -2.20. The molecule has 1 aromatic carbocycles. The van der Waals surface area contributed by atoms with E-state index >= 15 is 0 Å². The normalized spacial score (nSPS) is 11.9. The van der Waals surface area contributed by atoms with Crippen LogP contribution in [0.4, 0.5) is 11.4 Å². The van der Waals surface area contributed by atoms with Crippen molar-refractivity contribution in [3.8, 4) is 0 Å². The second-order valence-electron chi connectivity index (χ2n) is 3.32. The lowest BCUT2D eigenvalue weighted by atomic mass is 10.2. The molecular formula is C10H15N3O3S. The smallest absolute Gasteiger partial charge is 0.372 e. The molecule has 0 aliphatic heterocycles. The Bertz CT molecular complexity index is 478. The maximum Gasteiger partial charge on any atom is 0.396 e. The second kappa shape index (κ2) is 5.74. The highest BCUT2D eigenvalue weighted by molar-refractivity contribution is 7.84. The van der Waals surface area contributed by atoms with Gasteiger partial charge in [-0.2, -0.15) is 8.42 Å². The summed E-state index contributed by atoms with van der Waals surface area (Å²) in [6.07, 6.45) is 0. The highest BCUT2D eigenvalue weighted by atomic mass is 32.2. The van der Waals surface area contributed by atoms with E-state index in [9.17, 15) is 8.42 Å². The zero-order valence-corrected chi connectivity index (χ0v) is 10.6. The molecule has 0 aromatic heterocycles. The van der Waals surface area contributed by atoms with Gasteiger partial charge in [-0.25, -0.2) is 0 Å². The van der Waals surface area contributed by atoms with E-state index in [4.69, 9.17) is 4.55 Å². The van der Waals surface area contributed by atoms with Gasteiger partial charge in [0.05, 0.1) is 5.69 Å². The van der Waals surface area contributed by atoms with E-state index < -0.39 is 10.3 Å². The molecule has 0 heterocycles. The predicted molar refractivity (Wildman–Crippen MR) is 66.1 cm³/mol. The van der Waals surface area contributed by atoms with Crippen molar-refractivity contribution in [2.75, 3.05) is 18.0 Å². The van der Waals surface area contributed by atoms with Gasteiger partial charge in [0.2, 0.25) is 0 Å². The molecule has 0 saturated heterocycles. The van der Waals surface area contributed by atoms with Crippen LogP contribution in [0.1, 0.15) is 13.8 Å². The quantitative estimate of drug-likeness (QED) is 0.648. The van der Waals surface area contributed by atoms with E-state index in [2.05, 4.69) is 28.4 Å². The number of nitrogens with zero attached hydrogens (tertiary/aromatic N) is 3. The third-order valence-electron chi connectivity index (χ3n) is 2.24. The summed E-state index contributed by atoms with van der Waals surface area (Å²) >= 11 is 0. The summed E-state index contributed by atoms with van der Waals surface area (Å²) in [5.41, 5.74) is 1.40. The van der Waals surface area contributed by atoms with E-state index in [1.165, 1.54) is 0 Å². The van der Waals surface area contributed by atoms with Crippen molar-refractivity contribution in [2.45, 2.75) is 13.8 Å². The number of benzene rings is 1. The summed E-state index contributed by atoms with van der Waals surface area (Å²) in [6.45, 7) is 5.88. The van der Waals surface area contributed by atoms with Gasteiger partial charge in [0.1, 0.15) is 0 Å². The van der Waals surface area contributed by atoms with Gasteiger partial charge < -0.3 is 4.90 Å². The zero-order chi connectivity index (χ0) is 12.9. The molecule has 0 aliphatic rings. The van der Waals surface area contributed by atoms with Crippen molar-refractivity contribution in [3.63, 3.8) is 0 Å². The van der Waals surface area contributed by atoms with Gasteiger partial charge in [-0.15, -0.1) is 5.11 Å². The van der Waals surface area contributed by atoms with Crippen molar-refractivity contribution in [2.24, 2.45) is 9.63 Å². The number of hydrogen-bond acceptors (Lipinski definition) is 4. The topological polar surface area (TPSA) is 82.3 Å². The van der Waals surface area contributed by atoms with Crippen LogP contribution < -0.4 is 4.90 Å². The second-order valence-corrected chi connectivity index (χ2v) is 4.38. The minimum atomic E-state index is -4.41. The average Bonchev–Trinajstić information content (AvgIpc) is 2.29. The van der Waals surface area contributed by atoms with Crippen LogP contribution in [0.15, 0.2) is 33.9 Å². The summed E-state index contributed by atoms with van der Waals surface area (Å²) in [6, 6.07) is 6.93. The van der Waals surface area contributed by atoms with E-state index in [-0.39, 0.29) is 0 Å². The van der Waals surface area contributed by atoms with Crippen molar-refractivity contribution >= 4 is 21.7 Å². The SMILES string of the molecule is CCN(CC)c1ccc(N=NS(=O)(=O)O)cc1. The molecule has 0 unspecified atom stereocenters. The molecule has 0 bridgehead atoms. The van der Waals surface area contributed by atoms with E-state index in [1.54, 1.807) is 12.1 Å². The largest absolute Gasteiger partial charge is 0.396 e. The standard InChI is InChI=1S/C10H15N3O3S/c1-3-13(4-2)10-7-5-9(6-8-10)11-12-17(14,15)16/h5-8H,3-4H2,1-2H3,(H,14,15,16). The lowest BCUT2D eigenvalue weighted by Crippen LogP contribution is -2.21. The van der Waals surface area contributed by atoms with Crippen molar-refractivity contribution < 1.29 is 13.0 Å². The third-order valence-corrected chi connectivity index (χ3v) is 2.53. The molecule has 7 heteroatoms. The van der Waals surface area contributed by atoms with Gasteiger partial charge in [0.25, 0.3) is 0 Å². The maximum atomic E-state index is 10.4. The average molecular weight is 257 g/mol. The van der Waals surface area contributed by atoms with Crippen LogP contribution in [-0.2, 0) is 10.3 Å². The van der Waals surface area contributed by atoms with Crippen LogP contribution in [0.3, 0.4) is 0 Å². The van der Waals surface area contributed by atoms with Gasteiger partial charge >= 0.3 is 10.3 Å². The highest BCUT2D eigenvalue weighted by Crippen LogP contribution is 2.20. The molecule has 1 N–H and O–H groups in total. The van der Waals surface area contributed by atoms with E-state index in [0.29, 0.717) is 5.69 Å². The Morgan fingerprint density at radius 2 is 1.71 bits per heavy atom. The molecule has 17 heavy (non-hydrogen) atoms. The Balaban J connectivity index is 2.85. The molecule has 1 aromatic rings. The Morgan fingerprint density at radius 3 is 2.12 bits per heavy atom. The molecule has 0 radical (unpaired) electrons. The Morgan fingerprint density at radius 1 is 1.18 bits per heavy atom. The Labute approximate surface area is 101 Å². The first kappa shape index (κ1) is 13.6. The summed E-state index contributed by atoms with van der Waals surface area (Å²) in [5.74, 6) is 0. The minimum Gasteiger partial charge on any atom is -0.372 e. The molecule has 94 valence electrons. The molecule has 1 rings (SSSR count). The maximum absolute atomic E-state index is 10.4. The first-order chi connectivity index (χ1) is 7.96. The molecule has 0 spiro atoms. The number of rotatable bonds is 5. The van der Waals surface area contributed by atoms with Crippen LogP contribution in [0.25, 0.3) is 0 Å². The van der Waals surface area contributed by atoms with Gasteiger partial charge in [0.15, 0.2) is 0 Å². The lowest BCUT2D eigenvalue weighted by molar-refractivity contribution is 0.482. The molecule has 0 atom stereocenters. The summed E-state index contributed by atoms with van der Waals surface area (Å²) < 4.78 is 31.9. The molecule has 0 amide bonds. The summed E-state index contributed by atoms with van der Waals surface area (Å²) in [7, 11) is -4.41. The highest BCUT2D eigenvalue weighted by Gasteiger charge is 2.02. The number of hydrogen-bond donors (Lipinski definition) is 1. The fraction of sp³-hybridized carbons (Fsp3) is 0.400. The third kappa shape index (κ3) is 4.49. The first-order valence-electron chi connectivity index (χ1n) is 5.21. The molecule has 0 fully saturated rings. The molecule has 6 nitrogen and oxygen atoms in total. The Kier molecular flexibility index (Phi) is 4.59. The summed E-state index contributed by atoms with van der Waals surface area (Å²) in [4.78, 5) is 2.14. The predicted octanol–water partition coefficient (Wildman–Crippen LogP) is 2.42. The molecule has 0 aliphatic carbocycles. The van der Waals surface area contributed by atoms with Crippen LogP contribution in [0.2, 0.25) is 0 Å². The fourth-order valence-corrected chi connectivity index (χ4v) is 1.62. The van der Waals surface area contributed by atoms with Crippen LogP contribution in [0.5, 0.6) is 0 Å². The van der Waals surface area contributed by atoms with Gasteiger partial charge in [-0.05, 0) is 42.6 Å². The van der Waals surface area contributed by atoms with Gasteiger partial charge in [-0.1, -0.05) is 0 Å². The van der Waals surface area contributed by atoms with Crippen LogP contribution >= 0.6 is 0 Å². The minimum absolute atomic E-state index is 0.374. The fourth-order valence-electron chi connectivity index (χ4n) is 1.42. The first-order valence-corrected chi connectivity index (χ1v) is 6.61. The Hall–Kier alpha value is -1.47. The number of anilines is 1. The van der Waals surface area contributed by atoms with Crippen LogP contribution in [-0.4, -0.2) is 26.1 Å². The van der Waals surface area contributed by atoms with Crippen molar-refractivity contribution in [3.05, 3.63) is 24.3 Å². The molecule has 0 saturated carbocycles. The van der Waals surface area contributed by atoms with Gasteiger partial charge in [0, 0.05) is 18.8 Å². The van der Waals surface area contributed by atoms with E-state index in [1.807, 2.05) is 12.1 Å². The van der Waals surface area contributed by atoms with Crippen LogP contribution in [0, 0.1) is 0 Å².